The third kappa shape index (κ3) is 4.35. The van der Waals surface area contributed by atoms with Crippen molar-refractivity contribution in [2.75, 3.05) is 32.3 Å². The average molecular weight is 392 g/mol. The number of rotatable bonds is 6. The van der Waals surface area contributed by atoms with Crippen LogP contribution in [0.2, 0.25) is 0 Å². The van der Waals surface area contributed by atoms with Crippen molar-refractivity contribution < 1.29 is 9.53 Å². The van der Waals surface area contributed by atoms with E-state index in [-0.39, 0.29) is 11.8 Å². The van der Waals surface area contributed by atoms with E-state index in [4.69, 9.17) is 9.84 Å². The minimum atomic E-state index is 0.0714. The topological polar surface area (TPSA) is 45.1 Å². The van der Waals surface area contributed by atoms with Crippen LogP contribution >= 0.6 is 0 Å². The number of fused-ring (bicyclic) bond motifs is 3. The number of amides is 1. The summed E-state index contributed by atoms with van der Waals surface area (Å²) in [4.78, 5) is 14.9. The van der Waals surface area contributed by atoms with Crippen LogP contribution in [0.25, 0.3) is 0 Å². The lowest BCUT2D eigenvalue weighted by molar-refractivity contribution is -0.119. The molecular formula is C24H29N3O2. The van der Waals surface area contributed by atoms with Gasteiger partial charge in [0.25, 0.3) is 0 Å². The summed E-state index contributed by atoms with van der Waals surface area (Å²) in [6, 6.07) is 14.3. The minimum Gasteiger partial charge on any atom is -0.494 e. The Bertz CT molecular complexity index is 918. The van der Waals surface area contributed by atoms with Crippen molar-refractivity contribution >= 4 is 17.3 Å². The van der Waals surface area contributed by atoms with Gasteiger partial charge in [-0.15, -0.1) is 0 Å². The van der Waals surface area contributed by atoms with Crippen molar-refractivity contribution in [3.05, 3.63) is 59.2 Å². The zero-order valence-electron chi connectivity index (χ0n) is 17.5. The molecule has 0 fully saturated rings. The molecule has 5 nitrogen and oxygen atoms in total. The van der Waals surface area contributed by atoms with E-state index >= 15 is 0 Å². The lowest BCUT2D eigenvalue weighted by atomic mass is 9.79. The van der Waals surface area contributed by atoms with Crippen molar-refractivity contribution in [1.29, 1.82) is 0 Å². The van der Waals surface area contributed by atoms with E-state index in [1.807, 2.05) is 31.2 Å². The second-order valence-corrected chi connectivity index (χ2v) is 8.29. The molecule has 0 saturated carbocycles. The smallest absolute Gasteiger partial charge is 0.248 e. The van der Waals surface area contributed by atoms with E-state index in [9.17, 15) is 4.79 Å². The number of benzene rings is 2. The number of carbonyl (C=O) groups is 1. The third-order valence-electron chi connectivity index (χ3n) is 5.67. The quantitative estimate of drug-likeness (QED) is 0.699. The monoisotopic (exact) mass is 391 g/mol. The molecule has 5 heteroatoms. The fraction of sp³-hybridized carbons (Fsp3) is 0.417. The molecule has 0 saturated heterocycles. The number of ether oxygens (including phenoxy) is 1. The Morgan fingerprint density at radius 1 is 1.17 bits per heavy atom. The first-order chi connectivity index (χ1) is 14.0. The molecule has 2 aromatic rings. The first-order valence-corrected chi connectivity index (χ1v) is 10.4. The van der Waals surface area contributed by atoms with Gasteiger partial charge in [-0.25, -0.2) is 5.01 Å². The minimum absolute atomic E-state index is 0.0714. The molecule has 0 N–H and O–H groups in total. The predicted octanol–water partition coefficient (Wildman–Crippen LogP) is 4.03. The summed E-state index contributed by atoms with van der Waals surface area (Å²) in [6.07, 6.45) is 3.46. The SMILES string of the molecule is Cc1ccc(N2N=C3c4cc(OCCCN(C)C)ccc4CCC3CC2=O)cc1. The average Bonchev–Trinajstić information content (AvgIpc) is 2.71. The molecule has 1 unspecified atom stereocenters. The van der Waals surface area contributed by atoms with Gasteiger partial charge in [0.2, 0.25) is 5.91 Å². The second-order valence-electron chi connectivity index (χ2n) is 8.29. The number of anilines is 1. The van der Waals surface area contributed by atoms with Gasteiger partial charge in [-0.1, -0.05) is 23.8 Å². The van der Waals surface area contributed by atoms with Gasteiger partial charge in [-0.2, -0.15) is 5.10 Å². The van der Waals surface area contributed by atoms with E-state index in [1.54, 1.807) is 5.01 Å². The van der Waals surface area contributed by atoms with Crippen molar-refractivity contribution in [1.82, 2.24) is 4.90 Å². The normalized spacial score (nSPS) is 18.3. The maximum atomic E-state index is 12.7. The summed E-state index contributed by atoms with van der Waals surface area (Å²) >= 11 is 0. The Hall–Kier alpha value is -2.66. The molecule has 4 rings (SSSR count). The van der Waals surface area contributed by atoms with Gasteiger partial charge in [-0.05, 0) is 70.1 Å². The van der Waals surface area contributed by atoms with Crippen LogP contribution in [0.5, 0.6) is 5.75 Å². The molecule has 1 amide bonds. The molecule has 0 aromatic heterocycles. The van der Waals surface area contributed by atoms with Gasteiger partial charge < -0.3 is 9.64 Å². The van der Waals surface area contributed by atoms with E-state index in [2.05, 4.69) is 37.2 Å². The van der Waals surface area contributed by atoms with E-state index < -0.39 is 0 Å². The van der Waals surface area contributed by atoms with Gasteiger partial charge in [0.05, 0.1) is 18.0 Å². The van der Waals surface area contributed by atoms with Gasteiger partial charge in [0, 0.05) is 24.4 Å². The summed E-state index contributed by atoms with van der Waals surface area (Å²) in [5.41, 5.74) is 5.44. The molecule has 0 spiro atoms. The highest BCUT2D eigenvalue weighted by Gasteiger charge is 2.34. The molecule has 1 aliphatic heterocycles. The summed E-state index contributed by atoms with van der Waals surface area (Å²) in [5, 5.41) is 6.40. The van der Waals surface area contributed by atoms with Crippen LogP contribution in [0.3, 0.4) is 0 Å². The number of carbonyl (C=O) groups excluding carboxylic acids is 1. The Balaban J connectivity index is 1.60. The van der Waals surface area contributed by atoms with Crippen LogP contribution in [-0.4, -0.2) is 43.8 Å². The third-order valence-corrected chi connectivity index (χ3v) is 5.67. The van der Waals surface area contributed by atoms with Crippen molar-refractivity contribution in [2.24, 2.45) is 11.0 Å². The summed E-state index contributed by atoms with van der Waals surface area (Å²) in [7, 11) is 4.14. The van der Waals surface area contributed by atoms with Crippen LogP contribution in [0, 0.1) is 12.8 Å². The summed E-state index contributed by atoms with van der Waals surface area (Å²) in [5.74, 6) is 1.15. The first kappa shape index (κ1) is 19.6. The predicted molar refractivity (Wildman–Crippen MR) is 117 cm³/mol. The van der Waals surface area contributed by atoms with Gasteiger partial charge in [-0.3, -0.25) is 4.79 Å². The molecule has 152 valence electrons. The Morgan fingerprint density at radius 2 is 1.97 bits per heavy atom. The Labute approximate surface area is 173 Å². The summed E-state index contributed by atoms with van der Waals surface area (Å²) < 4.78 is 5.99. The number of nitrogens with zero attached hydrogens (tertiary/aromatic N) is 3. The number of hydrogen-bond acceptors (Lipinski definition) is 4. The highest BCUT2D eigenvalue weighted by molar-refractivity contribution is 6.11. The molecule has 0 radical (unpaired) electrons. The van der Waals surface area contributed by atoms with Crippen molar-refractivity contribution in [2.45, 2.75) is 32.6 Å². The van der Waals surface area contributed by atoms with Crippen molar-refractivity contribution in [3.63, 3.8) is 0 Å². The highest BCUT2D eigenvalue weighted by Crippen LogP contribution is 2.35. The van der Waals surface area contributed by atoms with Crippen LogP contribution in [0.15, 0.2) is 47.6 Å². The first-order valence-electron chi connectivity index (χ1n) is 10.4. The van der Waals surface area contributed by atoms with Crippen LogP contribution in [0.4, 0.5) is 5.69 Å². The second kappa shape index (κ2) is 8.37. The van der Waals surface area contributed by atoms with E-state index in [0.29, 0.717) is 13.0 Å². The van der Waals surface area contributed by atoms with E-state index in [0.717, 1.165) is 48.5 Å². The molecule has 1 heterocycles. The van der Waals surface area contributed by atoms with Crippen LogP contribution in [0.1, 0.15) is 36.0 Å². The fourth-order valence-electron chi connectivity index (χ4n) is 4.04. The maximum Gasteiger partial charge on any atom is 0.248 e. The molecule has 1 atom stereocenters. The van der Waals surface area contributed by atoms with Gasteiger partial charge in [0.1, 0.15) is 5.75 Å². The molecule has 2 aliphatic rings. The molecular weight excluding hydrogens is 362 g/mol. The van der Waals surface area contributed by atoms with Gasteiger partial charge >= 0.3 is 0 Å². The zero-order chi connectivity index (χ0) is 20.4. The lowest BCUT2D eigenvalue weighted by Gasteiger charge is -2.33. The molecule has 29 heavy (non-hydrogen) atoms. The van der Waals surface area contributed by atoms with E-state index in [1.165, 1.54) is 11.1 Å². The van der Waals surface area contributed by atoms with Crippen molar-refractivity contribution in [3.8, 4) is 5.75 Å². The van der Waals surface area contributed by atoms with Gasteiger partial charge in [0.15, 0.2) is 0 Å². The number of aryl methyl sites for hydroxylation is 2. The maximum absolute atomic E-state index is 12.7. The largest absolute Gasteiger partial charge is 0.494 e. The highest BCUT2D eigenvalue weighted by atomic mass is 16.5. The molecule has 0 bridgehead atoms. The fourth-order valence-corrected chi connectivity index (χ4v) is 4.04. The molecule has 2 aromatic carbocycles. The van der Waals surface area contributed by atoms with Crippen LogP contribution < -0.4 is 9.75 Å². The standard InChI is InChI=1S/C24H29N3O2/c1-17-5-10-20(11-6-17)27-23(28)15-19-8-7-18-9-12-21(16-22(18)24(19)25-27)29-14-4-13-26(2)3/h5-6,9-12,16,19H,4,7-8,13-15H2,1-3H3. The molecule has 1 aliphatic carbocycles. The summed E-state index contributed by atoms with van der Waals surface area (Å²) in [6.45, 7) is 3.75. The number of hydrazone groups is 1. The number of hydrogen-bond donors (Lipinski definition) is 0. The Morgan fingerprint density at radius 3 is 2.72 bits per heavy atom. The zero-order valence-corrected chi connectivity index (χ0v) is 17.5. The van der Waals surface area contributed by atoms with Crippen LogP contribution in [-0.2, 0) is 11.2 Å². The lowest BCUT2D eigenvalue weighted by Crippen LogP contribution is -2.39. The Kier molecular flexibility index (Phi) is 5.67.